The summed E-state index contributed by atoms with van der Waals surface area (Å²) in [6.45, 7) is 6.26. The quantitative estimate of drug-likeness (QED) is 0.811. The standard InChI is InChI=1S/C14H22BrNO2S/c1-11(2)7-6-8-12(3)16-19(17,18)14-10-5-4-9-13(14)15/h4-5,9-12,16H,6-8H2,1-3H3. The van der Waals surface area contributed by atoms with E-state index in [1.165, 1.54) is 0 Å². The molecule has 0 aromatic heterocycles. The zero-order valence-corrected chi connectivity index (χ0v) is 14.1. The van der Waals surface area contributed by atoms with Crippen LogP contribution in [0, 0.1) is 5.92 Å². The van der Waals surface area contributed by atoms with Crippen LogP contribution in [0.3, 0.4) is 0 Å². The van der Waals surface area contributed by atoms with Gasteiger partial charge in [0.15, 0.2) is 0 Å². The van der Waals surface area contributed by atoms with Crippen LogP contribution in [0.4, 0.5) is 0 Å². The first-order valence-electron chi connectivity index (χ1n) is 6.60. The lowest BCUT2D eigenvalue weighted by Crippen LogP contribution is -2.32. The van der Waals surface area contributed by atoms with E-state index in [-0.39, 0.29) is 6.04 Å². The Kier molecular flexibility index (Phi) is 6.50. The highest BCUT2D eigenvalue weighted by Gasteiger charge is 2.19. The van der Waals surface area contributed by atoms with Crippen LogP contribution in [-0.2, 0) is 10.0 Å². The van der Waals surface area contributed by atoms with Crippen LogP contribution in [0.2, 0.25) is 0 Å². The molecule has 0 amide bonds. The Morgan fingerprint density at radius 2 is 1.79 bits per heavy atom. The van der Waals surface area contributed by atoms with E-state index in [1.807, 2.05) is 6.92 Å². The second-order valence-electron chi connectivity index (χ2n) is 5.28. The summed E-state index contributed by atoms with van der Waals surface area (Å²) in [5, 5.41) is 0. The van der Waals surface area contributed by atoms with E-state index in [9.17, 15) is 8.42 Å². The second-order valence-corrected chi connectivity index (χ2v) is 7.81. The summed E-state index contributed by atoms with van der Waals surface area (Å²) in [6.07, 6.45) is 3.03. The molecule has 0 saturated carbocycles. The summed E-state index contributed by atoms with van der Waals surface area (Å²) < 4.78 is 27.8. The Balaban J connectivity index is 2.63. The molecule has 0 bridgehead atoms. The van der Waals surface area contributed by atoms with Gasteiger partial charge >= 0.3 is 0 Å². The van der Waals surface area contributed by atoms with Crippen LogP contribution < -0.4 is 4.72 Å². The number of halogens is 1. The molecule has 19 heavy (non-hydrogen) atoms. The van der Waals surface area contributed by atoms with Crippen LogP contribution in [0.5, 0.6) is 0 Å². The average Bonchev–Trinajstić information content (AvgIpc) is 2.27. The fraction of sp³-hybridized carbons (Fsp3) is 0.571. The summed E-state index contributed by atoms with van der Waals surface area (Å²) in [6, 6.07) is 6.82. The molecule has 1 N–H and O–H groups in total. The molecule has 3 nitrogen and oxygen atoms in total. The van der Waals surface area contributed by atoms with Gasteiger partial charge in [-0.1, -0.05) is 38.8 Å². The molecule has 1 aromatic rings. The molecule has 0 spiro atoms. The van der Waals surface area contributed by atoms with Crippen molar-refractivity contribution >= 4 is 26.0 Å². The molecule has 1 unspecified atom stereocenters. The number of benzene rings is 1. The van der Waals surface area contributed by atoms with Crippen molar-refractivity contribution in [3.05, 3.63) is 28.7 Å². The summed E-state index contributed by atoms with van der Waals surface area (Å²) >= 11 is 3.27. The summed E-state index contributed by atoms with van der Waals surface area (Å²) in [7, 11) is -3.44. The maximum atomic E-state index is 12.2. The third kappa shape index (κ3) is 5.63. The Morgan fingerprint density at radius 1 is 1.16 bits per heavy atom. The molecular weight excluding hydrogens is 326 g/mol. The molecular formula is C14H22BrNO2S. The first-order chi connectivity index (χ1) is 8.83. The summed E-state index contributed by atoms with van der Waals surface area (Å²) in [5.41, 5.74) is 0. The Morgan fingerprint density at radius 3 is 2.37 bits per heavy atom. The molecule has 0 fully saturated rings. The Labute approximate surface area is 125 Å². The zero-order valence-electron chi connectivity index (χ0n) is 11.7. The molecule has 108 valence electrons. The topological polar surface area (TPSA) is 46.2 Å². The van der Waals surface area contributed by atoms with Gasteiger partial charge in [-0.15, -0.1) is 0 Å². The molecule has 0 saturated heterocycles. The van der Waals surface area contributed by atoms with E-state index in [0.717, 1.165) is 19.3 Å². The predicted octanol–water partition coefficient (Wildman–Crippen LogP) is 3.94. The van der Waals surface area contributed by atoms with Crippen molar-refractivity contribution in [2.24, 2.45) is 5.92 Å². The molecule has 1 aromatic carbocycles. The third-order valence-electron chi connectivity index (χ3n) is 2.90. The van der Waals surface area contributed by atoms with Crippen molar-refractivity contribution in [3.8, 4) is 0 Å². The largest absolute Gasteiger partial charge is 0.241 e. The van der Waals surface area contributed by atoms with Gasteiger partial charge in [-0.05, 0) is 47.3 Å². The van der Waals surface area contributed by atoms with Gasteiger partial charge in [-0.25, -0.2) is 13.1 Å². The maximum Gasteiger partial charge on any atom is 0.241 e. The zero-order chi connectivity index (χ0) is 14.5. The van der Waals surface area contributed by atoms with Crippen LogP contribution >= 0.6 is 15.9 Å². The van der Waals surface area contributed by atoms with Crippen LogP contribution in [-0.4, -0.2) is 14.5 Å². The highest BCUT2D eigenvalue weighted by atomic mass is 79.9. The Bertz CT molecular complexity index is 500. The van der Waals surface area contributed by atoms with Crippen LogP contribution in [0.15, 0.2) is 33.6 Å². The lowest BCUT2D eigenvalue weighted by molar-refractivity contribution is 0.488. The van der Waals surface area contributed by atoms with Gasteiger partial charge in [0, 0.05) is 10.5 Å². The van der Waals surface area contributed by atoms with Crippen LogP contribution in [0.25, 0.3) is 0 Å². The second kappa shape index (κ2) is 7.41. The van der Waals surface area contributed by atoms with E-state index < -0.39 is 10.0 Å². The molecule has 0 aliphatic carbocycles. The predicted molar refractivity (Wildman–Crippen MR) is 82.6 cm³/mol. The minimum absolute atomic E-state index is 0.0455. The monoisotopic (exact) mass is 347 g/mol. The van der Waals surface area contributed by atoms with Crippen molar-refractivity contribution in [2.75, 3.05) is 0 Å². The van der Waals surface area contributed by atoms with Crippen molar-refractivity contribution in [3.63, 3.8) is 0 Å². The van der Waals surface area contributed by atoms with Crippen LogP contribution in [0.1, 0.15) is 40.0 Å². The highest BCUT2D eigenvalue weighted by molar-refractivity contribution is 9.10. The number of nitrogens with one attached hydrogen (secondary N) is 1. The smallest absolute Gasteiger partial charge is 0.208 e. The van der Waals surface area contributed by atoms with Gasteiger partial charge in [0.05, 0.1) is 4.90 Å². The van der Waals surface area contributed by atoms with E-state index >= 15 is 0 Å². The molecule has 1 rings (SSSR count). The number of hydrogen-bond donors (Lipinski definition) is 1. The van der Waals surface area contributed by atoms with Gasteiger partial charge in [0.1, 0.15) is 0 Å². The number of sulfonamides is 1. The molecule has 0 aliphatic rings. The van der Waals surface area contributed by atoms with E-state index in [0.29, 0.717) is 15.3 Å². The molecule has 0 heterocycles. The fourth-order valence-corrected chi connectivity index (χ4v) is 4.16. The number of rotatable bonds is 7. The van der Waals surface area contributed by atoms with E-state index in [4.69, 9.17) is 0 Å². The molecule has 0 radical (unpaired) electrons. The van der Waals surface area contributed by atoms with Crippen molar-refractivity contribution in [1.29, 1.82) is 0 Å². The SMILES string of the molecule is CC(C)CCCC(C)NS(=O)(=O)c1ccccc1Br. The van der Waals surface area contributed by atoms with Gasteiger partial charge in [0.25, 0.3) is 0 Å². The van der Waals surface area contributed by atoms with Gasteiger partial charge < -0.3 is 0 Å². The third-order valence-corrected chi connectivity index (χ3v) is 5.50. The lowest BCUT2D eigenvalue weighted by Gasteiger charge is -2.15. The first kappa shape index (κ1) is 16.7. The summed E-state index contributed by atoms with van der Waals surface area (Å²) in [5.74, 6) is 0.659. The van der Waals surface area contributed by atoms with Gasteiger partial charge in [0.2, 0.25) is 10.0 Å². The fourth-order valence-electron chi connectivity index (χ4n) is 1.88. The Hall–Kier alpha value is -0.390. The highest BCUT2D eigenvalue weighted by Crippen LogP contribution is 2.21. The average molecular weight is 348 g/mol. The van der Waals surface area contributed by atoms with Crippen molar-refractivity contribution < 1.29 is 8.42 Å². The van der Waals surface area contributed by atoms with Gasteiger partial charge in [-0.2, -0.15) is 0 Å². The summed E-state index contributed by atoms with van der Waals surface area (Å²) in [4.78, 5) is 0.297. The molecule has 1 atom stereocenters. The van der Waals surface area contributed by atoms with Gasteiger partial charge in [-0.3, -0.25) is 0 Å². The number of hydrogen-bond acceptors (Lipinski definition) is 2. The molecule has 0 aliphatic heterocycles. The lowest BCUT2D eigenvalue weighted by atomic mass is 10.0. The normalized spacial score (nSPS) is 13.7. The maximum absolute atomic E-state index is 12.2. The first-order valence-corrected chi connectivity index (χ1v) is 8.87. The molecule has 5 heteroatoms. The minimum Gasteiger partial charge on any atom is -0.208 e. The van der Waals surface area contributed by atoms with Crippen molar-refractivity contribution in [2.45, 2.75) is 51.0 Å². The van der Waals surface area contributed by atoms with E-state index in [1.54, 1.807) is 24.3 Å². The minimum atomic E-state index is -3.44. The van der Waals surface area contributed by atoms with E-state index in [2.05, 4.69) is 34.5 Å². The van der Waals surface area contributed by atoms with Crippen molar-refractivity contribution in [1.82, 2.24) is 4.72 Å².